The quantitative estimate of drug-likeness (QED) is 0.821. The zero-order valence-electron chi connectivity index (χ0n) is 12.5. The number of hydrogen-bond acceptors (Lipinski definition) is 3. The number of carbonyl (C=O) groups is 2. The normalized spacial score (nSPS) is 15.8. The van der Waals surface area contributed by atoms with Crippen LogP contribution in [-0.4, -0.2) is 35.8 Å². The van der Waals surface area contributed by atoms with Gasteiger partial charge in [0.05, 0.1) is 0 Å². The molecular weight excluding hydrogens is 266 g/mol. The Bertz CT molecular complexity index is 508. The van der Waals surface area contributed by atoms with Gasteiger partial charge < -0.3 is 16.0 Å². The molecule has 0 bridgehead atoms. The molecule has 21 heavy (non-hydrogen) atoms. The fraction of sp³-hybridized carbons (Fsp3) is 0.500. The maximum atomic E-state index is 12.2. The number of rotatable bonds is 4. The predicted octanol–water partition coefficient (Wildman–Crippen LogP) is 1.33. The van der Waals surface area contributed by atoms with Crippen LogP contribution in [0.3, 0.4) is 0 Å². The fourth-order valence-corrected chi connectivity index (χ4v) is 2.72. The standard InChI is InChI=1S/C16H23N3O2/c1-12(20)18-15-7-9-19(10-8-15)16(21)6-5-13-3-2-4-14(17)11-13/h2-4,11,15H,5-10,17H2,1H3,(H,18,20). The summed E-state index contributed by atoms with van der Waals surface area (Å²) in [5.41, 5.74) is 7.56. The Morgan fingerprint density at radius 1 is 1.33 bits per heavy atom. The zero-order valence-corrected chi connectivity index (χ0v) is 12.5. The fourth-order valence-electron chi connectivity index (χ4n) is 2.72. The minimum absolute atomic E-state index is 0.00134. The van der Waals surface area contributed by atoms with E-state index in [9.17, 15) is 9.59 Å². The summed E-state index contributed by atoms with van der Waals surface area (Å²) in [5, 5.41) is 2.91. The predicted molar refractivity (Wildman–Crippen MR) is 82.6 cm³/mol. The van der Waals surface area contributed by atoms with Crippen molar-refractivity contribution in [3.05, 3.63) is 29.8 Å². The van der Waals surface area contributed by atoms with Crippen molar-refractivity contribution in [3.63, 3.8) is 0 Å². The number of nitrogens with two attached hydrogens (primary N) is 1. The summed E-state index contributed by atoms with van der Waals surface area (Å²) in [6.45, 7) is 2.98. The molecule has 2 amide bonds. The van der Waals surface area contributed by atoms with E-state index in [2.05, 4.69) is 5.32 Å². The molecule has 3 N–H and O–H groups in total. The molecule has 0 unspecified atom stereocenters. The Balaban J connectivity index is 1.76. The Kier molecular flexibility index (Phi) is 5.20. The first-order chi connectivity index (χ1) is 10.0. The van der Waals surface area contributed by atoms with Gasteiger partial charge in [-0.2, -0.15) is 0 Å². The number of aryl methyl sites for hydroxylation is 1. The zero-order chi connectivity index (χ0) is 15.2. The van der Waals surface area contributed by atoms with Gasteiger partial charge in [-0.05, 0) is 37.0 Å². The van der Waals surface area contributed by atoms with Crippen LogP contribution in [-0.2, 0) is 16.0 Å². The largest absolute Gasteiger partial charge is 0.399 e. The van der Waals surface area contributed by atoms with Crippen LogP contribution in [0.25, 0.3) is 0 Å². The SMILES string of the molecule is CC(=O)NC1CCN(C(=O)CCc2cccc(N)c2)CC1. The van der Waals surface area contributed by atoms with Crippen molar-refractivity contribution in [2.75, 3.05) is 18.8 Å². The third-order valence-electron chi connectivity index (χ3n) is 3.83. The summed E-state index contributed by atoms with van der Waals surface area (Å²) in [7, 11) is 0. The van der Waals surface area contributed by atoms with Crippen molar-refractivity contribution < 1.29 is 9.59 Å². The lowest BCUT2D eigenvalue weighted by molar-refractivity contribution is -0.132. The van der Waals surface area contributed by atoms with Gasteiger partial charge in [-0.1, -0.05) is 12.1 Å². The summed E-state index contributed by atoms with van der Waals surface area (Å²) >= 11 is 0. The molecule has 1 heterocycles. The Morgan fingerprint density at radius 3 is 2.67 bits per heavy atom. The van der Waals surface area contributed by atoms with E-state index in [0.29, 0.717) is 6.42 Å². The van der Waals surface area contributed by atoms with Gasteiger partial charge >= 0.3 is 0 Å². The molecular formula is C16H23N3O2. The number of likely N-dealkylation sites (tertiary alicyclic amines) is 1. The molecule has 1 saturated heterocycles. The highest BCUT2D eigenvalue weighted by Gasteiger charge is 2.22. The molecule has 0 radical (unpaired) electrons. The van der Waals surface area contributed by atoms with Crippen LogP contribution in [0.15, 0.2) is 24.3 Å². The Labute approximate surface area is 125 Å². The molecule has 1 fully saturated rings. The van der Waals surface area contributed by atoms with Gasteiger partial charge in [-0.25, -0.2) is 0 Å². The van der Waals surface area contributed by atoms with Crippen LogP contribution in [0.2, 0.25) is 0 Å². The molecule has 0 aromatic heterocycles. The van der Waals surface area contributed by atoms with Gasteiger partial charge in [0.1, 0.15) is 0 Å². The maximum absolute atomic E-state index is 12.2. The molecule has 1 aliphatic heterocycles. The molecule has 114 valence electrons. The van der Waals surface area contributed by atoms with Crippen LogP contribution >= 0.6 is 0 Å². The number of piperidine rings is 1. The van der Waals surface area contributed by atoms with Gasteiger partial charge in [-0.3, -0.25) is 9.59 Å². The van der Waals surface area contributed by atoms with Crippen molar-refractivity contribution in [2.24, 2.45) is 0 Å². The summed E-state index contributed by atoms with van der Waals surface area (Å²) in [4.78, 5) is 25.1. The van der Waals surface area contributed by atoms with E-state index in [-0.39, 0.29) is 17.9 Å². The minimum Gasteiger partial charge on any atom is -0.399 e. The number of nitrogens with zero attached hydrogens (tertiary/aromatic N) is 1. The monoisotopic (exact) mass is 289 g/mol. The van der Waals surface area contributed by atoms with Crippen molar-refractivity contribution in [1.82, 2.24) is 10.2 Å². The molecule has 0 aliphatic carbocycles. The first kappa shape index (κ1) is 15.4. The van der Waals surface area contributed by atoms with Crippen molar-refractivity contribution >= 4 is 17.5 Å². The third-order valence-corrected chi connectivity index (χ3v) is 3.83. The lowest BCUT2D eigenvalue weighted by atomic mass is 10.0. The van der Waals surface area contributed by atoms with E-state index in [1.807, 2.05) is 29.2 Å². The number of carbonyl (C=O) groups excluding carboxylic acids is 2. The van der Waals surface area contributed by atoms with Crippen molar-refractivity contribution in [1.29, 1.82) is 0 Å². The molecule has 0 saturated carbocycles. The topological polar surface area (TPSA) is 75.4 Å². The first-order valence-corrected chi connectivity index (χ1v) is 7.44. The number of anilines is 1. The molecule has 0 spiro atoms. The molecule has 5 nitrogen and oxygen atoms in total. The van der Waals surface area contributed by atoms with Crippen LogP contribution in [0.5, 0.6) is 0 Å². The van der Waals surface area contributed by atoms with Gasteiger partial charge in [0.25, 0.3) is 0 Å². The number of nitrogen functional groups attached to an aromatic ring is 1. The van der Waals surface area contributed by atoms with E-state index >= 15 is 0 Å². The molecule has 0 atom stereocenters. The van der Waals surface area contributed by atoms with Crippen LogP contribution < -0.4 is 11.1 Å². The van der Waals surface area contributed by atoms with E-state index in [1.165, 1.54) is 6.92 Å². The third kappa shape index (κ3) is 4.77. The van der Waals surface area contributed by atoms with Gasteiger partial charge in [-0.15, -0.1) is 0 Å². The second kappa shape index (κ2) is 7.11. The van der Waals surface area contributed by atoms with Gasteiger partial charge in [0, 0.05) is 38.2 Å². The highest BCUT2D eigenvalue weighted by Crippen LogP contribution is 2.14. The van der Waals surface area contributed by atoms with Crippen molar-refractivity contribution in [3.8, 4) is 0 Å². The summed E-state index contributed by atoms with van der Waals surface area (Å²) in [6, 6.07) is 7.87. The number of benzene rings is 1. The first-order valence-electron chi connectivity index (χ1n) is 7.44. The van der Waals surface area contributed by atoms with Gasteiger partial charge in [0.15, 0.2) is 0 Å². The average Bonchev–Trinajstić information content (AvgIpc) is 2.45. The molecule has 5 heteroatoms. The van der Waals surface area contributed by atoms with E-state index in [0.717, 1.165) is 43.6 Å². The van der Waals surface area contributed by atoms with Crippen molar-refractivity contribution in [2.45, 2.75) is 38.6 Å². The highest BCUT2D eigenvalue weighted by atomic mass is 16.2. The number of nitrogens with one attached hydrogen (secondary N) is 1. The molecule has 1 aromatic rings. The van der Waals surface area contributed by atoms with Crippen LogP contribution in [0.1, 0.15) is 31.7 Å². The molecule has 1 aliphatic rings. The Morgan fingerprint density at radius 2 is 2.05 bits per heavy atom. The van der Waals surface area contributed by atoms with Crippen LogP contribution in [0.4, 0.5) is 5.69 Å². The van der Waals surface area contributed by atoms with E-state index in [1.54, 1.807) is 0 Å². The summed E-state index contributed by atoms with van der Waals surface area (Å²) in [5.74, 6) is 0.181. The van der Waals surface area contributed by atoms with Gasteiger partial charge in [0.2, 0.25) is 11.8 Å². The average molecular weight is 289 g/mol. The Hall–Kier alpha value is -2.04. The highest BCUT2D eigenvalue weighted by molar-refractivity contribution is 5.77. The lowest BCUT2D eigenvalue weighted by Gasteiger charge is -2.32. The van der Waals surface area contributed by atoms with Crippen LogP contribution in [0, 0.1) is 0 Å². The second-order valence-corrected chi connectivity index (χ2v) is 5.60. The maximum Gasteiger partial charge on any atom is 0.222 e. The lowest BCUT2D eigenvalue weighted by Crippen LogP contribution is -2.46. The van der Waals surface area contributed by atoms with E-state index in [4.69, 9.17) is 5.73 Å². The minimum atomic E-state index is 0.00134. The molecule has 2 rings (SSSR count). The summed E-state index contributed by atoms with van der Waals surface area (Å²) < 4.78 is 0. The number of amides is 2. The number of hydrogen-bond donors (Lipinski definition) is 2. The summed E-state index contributed by atoms with van der Waals surface area (Å²) in [6.07, 6.45) is 2.90. The molecule has 1 aromatic carbocycles. The smallest absolute Gasteiger partial charge is 0.222 e. The second-order valence-electron chi connectivity index (χ2n) is 5.60. The van der Waals surface area contributed by atoms with E-state index < -0.39 is 0 Å².